The van der Waals surface area contributed by atoms with E-state index in [4.69, 9.17) is 37.9 Å². The van der Waals surface area contributed by atoms with Crippen molar-refractivity contribution in [3.8, 4) is 0 Å². The quantitative estimate of drug-likeness (QED) is 0.164. The van der Waals surface area contributed by atoms with Gasteiger partial charge in [0.25, 0.3) is 0 Å². The molecule has 0 aromatic carbocycles. The molecule has 2 N–H and O–H groups in total. The van der Waals surface area contributed by atoms with Gasteiger partial charge in [0.2, 0.25) is 0 Å². The lowest BCUT2D eigenvalue weighted by Crippen LogP contribution is -2.17. The third kappa shape index (κ3) is 27.6. The van der Waals surface area contributed by atoms with Gasteiger partial charge in [-0.15, -0.1) is 0 Å². The summed E-state index contributed by atoms with van der Waals surface area (Å²) in [7, 11) is 3.80. The Labute approximate surface area is 182 Å². The molecule has 30 heavy (non-hydrogen) atoms. The molecule has 10 heteroatoms. The predicted molar refractivity (Wildman–Crippen MR) is 114 cm³/mol. The molecule has 0 aliphatic heterocycles. The van der Waals surface area contributed by atoms with Crippen LogP contribution < -0.4 is 10.6 Å². The molecule has 0 aromatic heterocycles. The zero-order chi connectivity index (χ0) is 21.8. The monoisotopic (exact) mass is 440 g/mol. The van der Waals surface area contributed by atoms with Gasteiger partial charge in [-0.3, -0.25) is 0 Å². The summed E-state index contributed by atoms with van der Waals surface area (Å²) in [4.78, 5) is 0. The molecule has 0 atom stereocenters. The zero-order valence-electron chi connectivity index (χ0n) is 19.0. The molecular weight excluding hydrogens is 396 g/mol. The van der Waals surface area contributed by atoms with Crippen molar-refractivity contribution in [2.24, 2.45) is 0 Å². The van der Waals surface area contributed by atoms with Crippen LogP contribution in [-0.4, -0.2) is 133 Å². The summed E-state index contributed by atoms with van der Waals surface area (Å²) in [6.45, 7) is 11.0. The number of ether oxygens (including phenoxy) is 8. The second-order valence-corrected chi connectivity index (χ2v) is 6.11. The number of hydrogen-bond acceptors (Lipinski definition) is 10. The fourth-order valence-corrected chi connectivity index (χ4v) is 1.99. The molecule has 0 saturated carbocycles. The smallest absolute Gasteiger partial charge is 0.0701 e. The summed E-state index contributed by atoms with van der Waals surface area (Å²) in [6.07, 6.45) is 0. The third-order valence-corrected chi connectivity index (χ3v) is 3.60. The molecule has 0 aromatic rings. The van der Waals surface area contributed by atoms with E-state index in [1.165, 1.54) is 0 Å². The first-order chi connectivity index (χ1) is 14.9. The Hall–Kier alpha value is -0.400. The maximum atomic E-state index is 5.43. The second-order valence-electron chi connectivity index (χ2n) is 6.11. The van der Waals surface area contributed by atoms with Crippen molar-refractivity contribution in [3.63, 3.8) is 0 Å². The van der Waals surface area contributed by atoms with Crippen molar-refractivity contribution in [1.82, 2.24) is 10.6 Å². The summed E-state index contributed by atoms with van der Waals surface area (Å²) in [5.41, 5.74) is 0. The van der Waals surface area contributed by atoms with E-state index < -0.39 is 0 Å². The molecule has 0 fully saturated rings. The molecule has 0 saturated heterocycles. The van der Waals surface area contributed by atoms with Gasteiger partial charge in [-0.05, 0) is 14.1 Å². The van der Waals surface area contributed by atoms with E-state index in [1.54, 1.807) is 0 Å². The van der Waals surface area contributed by atoms with Gasteiger partial charge in [0.15, 0.2) is 0 Å². The van der Waals surface area contributed by atoms with Crippen molar-refractivity contribution in [1.29, 1.82) is 0 Å². The maximum Gasteiger partial charge on any atom is 0.0701 e. The van der Waals surface area contributed by atoms with Gasteiger partial charge >= 0.3 is 0 Å². The molecule has 0 rings (SSSR count). The van der Waals surface area contributed by atoms with Crippen LogP contribution in [-0.2, 0) is 37.9 Å². The standard InChI is InChI=1S/C20H44N2O8/c1-21-3-5-23-7-9-25-11-13-27-15-17-29-19-20-30-18-16-28-14-12-26-10-8-24-6-4-22-2/h21-22H,3-20H2,1-2H3. The minimum Gasteiger partial charge on any atom is -0.378 e. The van der Waals surface area contributed by atoms with E-state index in [9.17, 15) is 0 Å². The average Bonchev–Trinajstić information content (AvgIpc) is 2.76. The highest BCUT2D eigenvalue weighted by atomic mass is 16.6. The van der Waals surface area contributed by atoms with E-state index in [-0.39, 0.29) is 0 Å². The SMILES string of the molecule is CNCCOCCOCCOCCOCCOCCOCCOCCOCCNC. The van der Waals surface area contributed by atoms with Gasteiger partial charge in [-0.1, -0.05) is 0 Å². The lowest BCUT2D eigenvalue weighted by molar-refractivity contribution is -0.0229. The van der Waals surface area contributed by atoms with Crippen molar-refractivity contribution < 1.29 is 37.9 Å². The van der Waals surface area contributed by atoms with E-state index in [2.05, 4.69) is 10.6 Å². The number of hydrogen-bond donors (Lipinski definition) is 2. The van der Waals surface area contributed by atoms with Crippen LogP contribution in [0, 0.1) is 0 Å². The van der Waals surface area contributed by atoms with Crippen molar-refractivity contribution in [3.05, 3.63) is 0 Å². The molecular formula is C20H44N2O8. The molecule has 0 heterocycles. The molecule has 0 bridgehead atoms. The van der Waals surface area contributed by atoms with Crippen molar-refractivity contribution in [2.45, 2.75) is 0 Å². The summed E-state index contributed by atoms with van der Waals surface area (Å²) < 4.78 is 43.2. The number of nitrogens with one attached hydrogen (secondary N) is 2. The van der Waals surface area contributed by atoms with Crippen LogP contribution in [0.2, 0.25) is 0 Å². The second kappa shape index (κ2) is 28.6. The van der Waals surface area contributed by atoms with Crippen LogP contribution in [0.25, 0.3) is 0 Å². The first-order valence-corrected chi connectivity index (χ1v) is 10.8. The van der Waals surface area contributed by atoms with Crippen LogP contribution in [0.1, 0.15) is 0 Å². The first-order valence-electron chi connectivity index (χ1n) is 10.8. The third-order valence-electron chi connectivity index (χ3n) is 3.60. The van der Waals surface area contributed by atoms with Gasteiger partial charge in [-0.2, -0.15) is 0 Å². The Balaban J connectivity index is 2.97. The Morgan fingerprint density at radius 2 is 0.467 bits per heavy atom. The lowest BCUT2D eigenvalue weighted by atomic mass is 10.6. The fourth-order valence-electron chi connectivity index (χ4n) is 1.99. The number of rotatable bonds is 27. The Kier molecular flexibility index (Phi) is 28.2. The van der Waals surface area contributed by atoms with Crippen LogP contribution in [0.3, 0.4) is 0 Å². The molecule has 10 nitrogen and oxygen atoms in total. The fraction of sp³-hybridized carbons (Fsp3) is 1.00. The van der Waals surface area contributed by atoms with Crippen molar-refractivity contribution >= 4 is 0 Å². The molecule has 0 unspecified atom stereocenters. The van der Waals surface area contributed by atoms with E-state index in [1.807, 2.05) is 14.1 Å². The molecule has 0 amide bonds. The normalized spacial score (nSPS) is 11.4. The van der Waals surface area contributed by atoms with Gasteiger partial charge in [0.1, 0.15) is 0 Å². The minimum atomic E-state index is 0.542. The molecule has 182 valence electrons. The average molecular weight is 441 g/mol. The highest BCUT2D eigenvalue weighted by Crippen LogP contribution is 1.85. The number of likely N-dealkylation sites (N-methyl/N-ethyl adjacent to an activating group) is 2. The van der Waals surface area contributed by atoms with Crippen molar-refractivity contribution in [2.75, 3.05) is 133 Å². The topological polar surface area (TPSA) is 97.9 Å². The van der Waals surface area contributed by atoms with E-state index >= 15 is 0 Å². The summed E-state index contributed by atoms with van der Waals surface area (Å²) in [6, 6.07) is 0. The van der Waals surface area contributed by atoms with E-state index in [0.717, 1.165) is 13.1 Å². The van der Waals surface area contributed by atoms with Crippen LogP contribution in [0.5, 0.6) is 0 Å². The van der Waals surface area contributed by atoms with Gasteiger partial charge in [0.05, 0.1) is 106 Å². The Morgan fingerprint density at radius 1 is 0.300 bits per heavy atom. The minimum absolute atomic E-state index is 0.542. The Bertz CT molecular complexity index is 276. The molecule has 0 spiro atoms. The van der Waals surface area contributed by atoms with E-state index in [0.29, 0.717) is 106 Å². The lowest BCUT2D eigenvalue weighted by Gasteiger charge is -2.08. The van der Waals surface area contributed by atoms with Gasteiger partial charge in [-0.25, -0.2) is 0 Å². The zero-order valence-corrected chi connectivity index (χ0v) is 19.0. The predicted octanol–water partition coefficient (Wildman–Crippen LogP) is -0.442. The van der Waals surface area contributed by atoms with Crippen LogP contribution in [0.15, 0.2) is 0 Å². The summed E-state index contributed by atoms with van der Waals surface area (Å²) in [5, 5.41) is 6.03. The molecule has 0 aliphatic rings. The summed E-state index contributed by atoms with van der Waals surface area (Å²) in [5.74, 6) is 0. The highest BCUT2D eigenvalue weighted by Gasteiger charge is 1.95. The van der Waals surface area contributed by atoms with Gasteiger partial charge in [0, 0.05) is 13.1 Å². The van der Waals surface area contributed by atoms with Crippen LogP contribution in [0.4, 0.5) is 0 Å². The van der Waals surface area contributed by atoms with Gasteiger partial charge < -0.3 is 48.5 Å². The maximum absolute atomic E-state index is 5.43. The summed E-state index contributed by atoms with van der Waals surface area (Å²) >= 11 is 0. The molecule has 0 aliphatic carbocycles. The van der Waals surface area contributed by atoms with Crippen LogP contribution >= 0.6 is 0 Å². The Morgan fingerprint density at radius 3 is 0.633 bits per heavy atom. The molecule has 0 radical (unpaired) electrons. The highest BCUT2D eigenvalue weighted by molar-refractivity contribution is 4.39. The largest absolute Gasteiger partial charge is 0.378 e. The first kappa shape index (κ1) is 29.6.